The molecule has 4 nitrogen and oxygen atoms in total. The Bertz CT molecular complexity index is 449. The first-order valence-electron chi connectivity index (χ1n) is 6.16. The molecule has 1 fully saturated rings. The maximum absolute atomic E-state index is 13.9. The molecule has 1 N–H and O–H groups in total. The van der Waals surface area contributed by atoms with Gasteiger partial charge in [0.05, 0.1) is 6.10 Å². The monoisotopic (exact) mass is 270 g/mol. The molecule has 0 spiro atoms. The van der Waals surface area contributed by atoms with Gasteiger partial charge in [0.1, 0.15) is 5.69 Å². The first-order valence-corrected chi connectivity index (χ1v) is 6.16. The van der Waals surface area contributed by atoms with Crippen molar-refractivity contribution in [3.8, 4) is 0 Å². The van der Waals surface area contributed by atoms with Crippen LogP contribution in [-0.4, -0.2) is 40.6 Å². The molecule has 0 saturated heterocycles. The number of aliphatic hydroxyl groups is 1. The summed E-state index contributed by atoms with van der Waals surface area (Å²) < 4.78 is 27.9. The van der Waals surface area contributed by atoms with Gasteiger partial charge in [-0.05, 0) is 30.9 Å². The van der Waals surface area contributed by atoms with Crippen molar-refractivity contribution in [2.24, 2.45) is 5.92 Å². The van der Waals surface area contributed by atoms with Crippen LogP contribution in [-0.2, 0) is 10.7 Å². The van der Waals surface area contributed by atoms with Crippen molar-refractivity contribution in [3.05, 3.63) is 30.1 Å². The van der Waals surface area contributed by atoms with Gasteiger partial charge in [-0.1, -0.05) is 6.07 Å². The van der Waals surface area contributed by atoms with Crippen LogP contribution in [0.25, 0.3) is 0 Å². The van der Waals surface area contributed by atoms with Crippen molar-refractivity contribution in [1.82, 2.24) is 9.88 Å². The molecule has 1 aromatic heterocycles. The third kappa shape index (κ3) is 3.07. The molecule has 1 aliphatic carbocycles. The molecule has 0 bridgehead atoms. The van der Waals surface area contributed by atoms with E-state index in [0.29, 0.717) is 0 Å². The molecule has 1 heterocycles. The predicted octanol–water partition coefficient (Wildman–Crippen LogP) is 1.40. The fourth-order valence-corrected chi connectivity index (χ4v) is 1.89. The van der Waals surface area contributed by atoms with Crippen LogP contribution in [0.1, 0.15) is 18.5 Å². The van der Waals surface area contributed by atoms with Crippen LogP contribution in [0.15, 0.2) is 24.4 Å². The Morgan fingerprint density at radius 2 is 2.26 bits per heavy atom. The van der Waals surface area contributed by atoms with Gasteiger partial charge in [-0.2, -0.15) is 8.78 Å². The second-order valence-corrected chi connectivity index (χ2v) is 4.88. The standard InChI is InChI=1S/C13H16F2N2O2/c1-17(8-10(18)9-5-6-9)12(19)13(14,15)11-4-2-3-7-16-11/h2-4,7,9-10,18H,5-6,8H2,1H3. The minimum absolute atomic E-state index is 0.0775. The number of nitrogens with zero attached hydrogens (tertiary/aromatic N) is 2. The van der Waals surface area contributed by atoms with Crippen LogP contribution in [0, 0.1) is 5.92 Å². The number of halogens is 2. The lowest BCUT2D eigenvalue weighted by Crippen LogP contribution is -2.43. The van der Waals surface area contributed by atoms with Crippen molar-refractivity contribution in [2.45, 2.75) is 24.9 Å². The van der Waals surface area contributed by atoms with Crippen LogP contribution in [0.2, 0.25) is 0 Å². The summed E-state index contributed by atoms with van der Waals surface area (Å²) in [5.41, 5.74) is -0.576. The number of carbonyl (C=O) groups excluding carboxylic acids is 1. The topological polar surface area (TPSA) is 53.4 Å². The van der Waals surface area contributed by atoms with E-state index in [9.17, 15) is 18.7 Å². The number of carbonyl (C=O) groups is 1. The molecule has 0 radical (unpaired) electrons. The molecule has 104 valence electrons. The largest absolute Gasteiger partial charge is 0.391 e. The van der Waals surface area contributed by atoms with Gasteiger partial charge in [-0.25, -0.2) is 0 Å². The number of hydrogen-bond donors (Lipinski definition) is 1. The molecule has 19 heavy (non-hydrogen) atoms. The van der Waals surface area contributed by atoms with E-state index >= 15 is 0 Å². The zero-order chi connectivity index (χ0) is 14.0. The summed E-state index contributed by atoms with van der Waals surface area (Å²) in [6.45, 7) is -0.0775. The highest BCUT2D eigenvalue weighted by molar-refractivity contribution is 5.84. The van der Waals surface area contributed by atoms with Crippen LogP contribution in [0.4, 0.5) is 8.78 Å². The highest BCUT2D eigenvalue weighted by Crippen LogP contribution is 2.34. The lowest BCUT2D eigenvalue weighted by atomic mass is 10.1. The van der Waals surface area contributed by atoms with Crippen LogP contribution in [0.3, 0.4) is 0 Å². The Morgan fingerprint density at radius 1 is 1.58 bits per heavy atom. The summed E-state index contributed by atoms with van der Waals surface area (Å²) in [6.07, 6.45) is 2.27. The Hall–Kier alpha value is -1.56. The van der Waals surface area contributed by atoms with Crippen molar-refractivity contribution in [1.29, 1.82) is 0 Å². The summed E-state index contributed by atoms with van der Waals surface area (Å²) in [4.78, 5) is 16.2. The molecule has 0 aliphatic heterocycles. The van der Waals surface area contributed by atoms with Gasteiger partial charge >= 0.3 is 5.92 Å². The Labute approximate surface area is 110 Å². The maximum Gasteiger partial charge on any atom is 0.366 e. The van der Waals surface area contributed by atoms with Gasteiger partial charge < -0.3 is 10.0 Å². The highest BCUT2D eigenvalue weighted by Gasteiger charge is 2.45. The van der Waals surface area contributed by atoms with Crippen molar-refractivity contribution in [2.75, 3.05) is 13.6 Å². The minimum Gasteiger partial charge on any atom is -0.391 e. The number of aliphatic hydroxyl groups excluding tert-OH is 1. The molecule has 1 aliphatic rings. The number of likely N-dealkylation sites (N-methyl/N-ethyl adjacent to an activating group) is 1. The predicted molar refractivity (Wildman–Crippen MR) is 64.5 cm³/mol. The lowest BCUT2D eigenvalue weighted by Gasteiger charge is -2.25. The average Bonchev–Trinajstić information content (AvgIpc) is 3.23. The van der Waals surface area contributed by atoms with E-state index in [1.165, 1.54) is 25.4 Å². The summed E-state index contributed by atoms with van der Waals surface area (Å²) in [5.74, 6) is -4.87. The molecule has 6 heteroatoms. The fourth-order valence-electron chi connectivity index (χ4n) is 1.89. The second kappa shape index (κ2) is 5.21. The Morgan fingerprint density at radius 3 is 2.79 bits per heavy atom. The van der Waals surface area contributed by atoms with Gasteiger partial charge in [0.15, 0.2) is 0 Å². The number of pyridine rings is 1. The SMILES string of the molecule is CN(CC(O)C1CC1)C(=O)C(F)(F)c1ccccn1. The molecule has 1 saturated carbocycles. The normalized spacial score (nSPS) is 17.1. The molecular formula is C13H16F2N2O2. The molecule has 1 unspecified atom stereocenters. The van der Waals surface area contributed by atoms with E-state index in [2.05, 4.69) is 4.98 Å². The third-order valence-electron chi connectivity index (χ3n) is 3.23. The Balaban J connectivity index is 2.04. The number of aromatic nitrogens is 1. The van der Waals surface area contributed by atoms with Crippen molar-refractivity contribution in [3.63, 3.8) is 0 Å². The molecule has 1 aromatic rings. The second-order valence-electron chi connectivity index (χ2n) is 4.88. The van der Waals surface area contributed by atoms with Crippen LogP contribution in [0.5, 0.6) is 0 Å². The summed E-state index contributed by atoms with van der Waals surface area (Å²) in [7, 11) is 1.27. The van der Waals surface area contributed by atoms with Gasteiger partial charge in [0.25, 0.3) is 5.91 Å². The van der Waals surface area contributed by atoms with E-state index in [4.69, 9.17) is 0 Å². The van der Waals surface area contributed by atoms with Gasteiger partial charge in [0, 0.05) is 19.8 Å². The Kier molecular flexibility index (Phi) is 3.80. The minimum atomic E-state index is -3.67. The van der Waals surface area contributed by atoms with Gasteiger partial charge in [-0.15, -0.1) is 0 Å². The molecular weight excluding hydrogens is 254 g/mol. The molecule has 1 atom stereocenters. The highest BCUT2D eigenvalue weighted by atomic mass is 19.3. The molecule has 1 amide bonds. The molecule has 0 aromatic carbocycles. The zero-order valence-corrected chi connectivity index (χ0v) is 10.6. The number of rotatable bonds is 5. The van der Waals surface area contributed by atoms with Crippen LogP contribution >= 0.6 is 0 Å². The number of hydrogen-bond acceptors (Lipinski definition) is 3. The number of alkyl halides is 2. The molecule has 2 rings (SSSR count). The number of amides is 1. The zero-order valence-electron chi connectivity index (χ0n) is 10.6. The maximum atomic E-state index is 13.9. The summed E-state index contributed by atoms with van der Waals surface area (Å²) in [6, 6.07) is 4.02. The van der Waals surface area contributed by atoms with Gasteiger partial charge in [0.2, 0.25) is 0 Å². The van der Waals surface area contributed by atoms with Crippen molar-refractivity contribution >= 4 is 5.91 Å². The van der Waals surface area contributed by atoms with Crippen LogP contribution < -0.4 is 0 Å². The van der Waals surface area contributed by atoms with Crippen molar-refractivity contribution < 1.29 is 18.7 Å². The van der Waals surface area contributed by atoms with E-state index in [1.54, 1.807) is 0 Å². The lowest BCUT2D eigenvalue weighted by molar-refractivity contribution is -0.159. The van der Waals surface area contributed by atoms with E-state index < -0.39 is 23.6 Å². The third-order valence-corrected chi connectivity index (χ3v) is 3.23. The summed E-state index contributed by atoms with van der Waals surface area (Å²) in [5, 5.41) is 9.69. The van der Waals surface area contributed by atoms with E-state index in [-0.39, 0.29) is 12.5 Å². The summed E-state index contributed by atoms with van der Waals surface area (Å²) >= 11 is 0. The van der Waals surface area contributed by atoms with Gasteiger partial charge in [-0.3, -0.25) is 9.78 Å². The van der Waals surface area contributed by atoms with E-state index in [1.807, 2.05) is 0 Å². The van der Waals surface area contributed by atoms with E-state index in [0.717, 1.165) is 23.8 Å². The fraction of sp³-hybridized carbons (Fsp3) is 0.538. The quantitative estimate of drug-likeness (QED) is 0.880. The first-order chi connectivity index (χ1) is 8.93. The first kappa shape index (κ1) is 13.9. The average molecular weight is 270 g/mol. The smallest absolute Gasteiger partial charge is 0.366 e.